The topological polar surface area (TPSA) is 29.9 Å². The molecule has 0 saturated heterocycles. The molecule has 0 fully saturated rings. The highest BCUT2D eigenvalue weighted by molar-refractivity contribution is 14.2. The van der Waals surface area contributed by atoms with Gasteiger partial charge in [-0.1, -0.05) is 53.9 Å². The Kier molecular flexibility index (Phi) is 17.2. The summed E-state index contributed by atoms with van der Waals surface area (Å²) in [6.45, 7) is 11.5. The molecule has 1 aromatic rings. The van der Waals surface area contributed by atoms with Crippen LogP contribution >= 0.6 is 43.1 Å². The molecule has 0 aliphatic carbocycles. The van der Waals surface area contributed by atoms with Crippen molar-refractivity contribution in [2.45, 2.75) is 47.6 Å². The first-order chi connectivity index (χ1) is 8.01. The minimum Gasteiger partial charge on any atom is -0.262 e. The Bertz CT molecular complexity index is 252. The maximum absolute atomic E-state index is 4.05. The normalized spacial score (nSPS) is 9.18. The van der Waals surface area contributed by atoms with Crippen molar-refractivity contribution >= 4 is 43.1 Å². The largest absolute Gasteiger partial charge is 0.262 e. The molecule has 0 spiro atoms. The fraction of sp³-hybridized carbons (Fsp3) is 0.727. The molecule has 0 aliphatic rings. The number of thiol groups is 1. The number of aromatic nitrogens is 2. The van der Waals surface area contributed by atoms with Crippen molar-refractivity contribution < 1.29 is 0 Å². The van der Waals surface area contributed by atoms with Crippen LogP contribution in [-0.2, 0) is 6.54 Å². The third-order valence-electron chi connectivity index (χ3n) is 0.968. The van der Waals surface area contributed by atoms with Crippen molar-refractivity contribution in [2.75, 3.05) is 0 Å². The Morgan fingerprint density at radius 2 is 1.94 bits per heavy atom. The fourth-order valence-corrected chi connectivity index (χ4v) is 1.65. The van der Waals surface area contributed by atoms with Crippen LogP contribution in [0.15, 0.2) is 12.4 Å². The third kappa shape index (κ3) is 16.6. The average molecular weight is 389 g/mol. The molecular weight excluding hydrogens is 365 g/mol. The van der Waals surface area contributed by atoms with Crippen LogP contribution in [0.2, 0.25) is 0 Å². The van der Waals surface area contributed by atoms with Crippen LogP contribution in [0.4, 0.5) is 0 Å². The zero-order chi connectivity index (χ0) is 13.7. The van der Waals surface area contributed by atoms with E-state index in [9.17, 15) is 0 Å². The van der Waals surface area contributed by atoms with Gasteiger partial charge in [-0.2, -0.15) is 5.10 Å². The molecule has 1 rings (SSSR count). The van der Waals surface area contributed by atoms with E-state index in [-0.39, 0.29) is 0 Å². The first kappa shape index (κ1) is 19.9. The van der Waals surface area contributed by atoms with Crippen molar-refractivity contribution in [1.29, 1.82) is 0 Å². The van der Waals surface area contributed by atoms with Crippen molar-refractivity contribution in [1.82, 2.24) is 13.9 Å². The van der Waals surface area contributed by atoms with Crippen LogP contribution in [-0.4, -0.2) is 9.19 Å². The lowest BCUT2D eigenvalue weighted by atomic mass is 10.3. The molecule has 102 valence electrons. The molecule has 6 heteroatoms. The van der Waals surface area contributed by atoms with Crippen LogP contribution in [0.5, 0.6) is 0 Å². The minimum atomic E-state index is 0.750. The molecule has 0 saturated carbocycles. The molecule has 0 aliphatic heterocycles. The SMILES string of the molecule is CC(C)C.CCC.SNCc1cnn(SI)c1. The molecule has 0 unspecified atom stereocenters. The zero-order valence-electron chi connectivity index (χ0n) is 11.3. The summed E-state index contributed by atoms with van der Waals surface area (Å²) in [5, 5.41) is 4.05. The van der Waals surface area contributed by atoms with Gasteiger partial charge in [0.15, 0.2) is 0 Å². The first-order valence-electron chi connectivity index (χ1n) is 5.71. The summed E-state index contributed by atoms with van der Waals surface area (Å²) in [6.07, 6.45) is 5.02. The number of nitrogens with zero attached hydrogens (tertiary/aromatic N) is 2. The second kappa shape index (κ2) is 14.7. The fourth-order valence-electron chi connectivity index (χ4n) is 0.560. The Morgan fingerprint density at radius 1 is 1.47 bits per heavy atom. The number of hydrogen-bond donors (Lipinski definition) is 2. The molecule has 1 aromatic heterocycles. The average Bonchev–Trinajstić information content (AvgIpc) is 2.66. The number of halogens is 1. The van der Waals surface area contributed by atoms with Gasteiger partial charge in [0.05, 0.1) is 6.20 Å². The van der Waals surface area contributed by atoms with Gasteiger partial charge >= 0.3 is 0 Å². The van der Waals surface area contributed by atoms with Gasteiger partial charge in [-0.05, 0) is 5.92 Å². The summed E-state index contributed by atoms with van der Waals surface area (Å²) in [5.74, 6) is 0.833. The first-order valence-corrected chi connectivity index (χ1v) is 9.47. The Balaban J connectivity index is 0. The highest BCUT2D eigenvalue weighted by atomic mass is 127. The molecular formula is C11H24IN3S2. The summed E-state index contributed by atoms with van der Waals surface area (Å²) < 4.78 is 4.54. The molecule has 0 radical (unpaired) electrons. The summed E-state index contributed by atoms with van der Waals surface area (Å²) in [5.41, 5.74) is 1.14. The summed E-state index contributed by atoms with van der Waals surface area (Å²) in [4.78, 5) is 0. The maximum atomic E-state index is 4.05. The van der Waals surface area contributed by atoms with Gasteiger partial charge in [0.2, 0.25) is 0 Å². The van der Waals surface area contributed by atoms with Crippen LogP contribution in [0, 0.1) is 5.92 Å². The maximum Gasteiger partial charge on any atom is 0.0546 e. The predicted molar refractivity (Wildman–Crippen MR) is 91.5 cm³/mol. The molecule has 3 nitrogen and oxygen atoms in total. The van der Waals surface area contributed by atoms with E-state index in [4.69, 9.17) is 0 Å². The van der Waals surface area contributed by atoms with E-state index in [0.29, 0.717) is 0 Å². The van der Waals surface area contributed by atoms with Crippen molar-refractivity contribution in [2.24, 2.45) is 5.92 Å². The van der Waals surface area contributed by atoms with E-state index in [1.165, 1.54) is 15.5 Å². The lowest BCUT2D eigenvalue weighted by Gasteiger charge is -1.89. The molecule has 0 amide bonds. The molecule has 17 heavy (non-hydrogen) atoms. The smallest absolute Gasteiger partial charge is 0.0546 e. The van der Waals surface area contributed by atoms with Crippen LogP contribution in [0.3, 0.4) is 0 Å². The highest BCUT2D eigenvalue weighted by Gasteiger charge is 1.94. The Morgan fingerprint density at radius 3 is 2.24 bits per heavy atom. The monoisotopic (exact) mass is 389 g/mol. The predicted octanol–water partition coefficient (Wildman–Crippen LogP) is 4.74. The van der Waals surface area contributed by atoms with Gasteiger partial charge in [-0.15, -0.1) is 0 Å². The summed E-state index contributed by atoms with van der Waals surface area (Å²) in [7, 11) is 1.54. The lowest BCUT2D eigenvalue weighted by Crippen LogP contribution is -1.95. The van der Waals surface area contributed by atoms with E-state index in [1.807, 2.05) is 12.4 Å². The molecule has 1 heterocycles. The lowest BCUT2D eigenvalue weighted by molar-refractivity contribution is 0.737. The standard InChI is InChI=1S/C4H6IN3S2.C4H10.C3H8/c5-10-8-3-4(1-6-8)2-7-9;1-4(2)3;1-3-2/h1,3,7,9H,2H2;4H,1-3H3;3H2,1-2H3. The summed E-state index contributed by atoms with van der Waals surface area (Å²) >= 11 is 6.05. The van der Waals surface area contributed by atoms with Crippen LogP contribution in [0.1, 0.15) is 46.6 Å². The number of nitrogens with one attached hydrogen (secondary N) is 1. The Labute approximate surface area is 128 Å². The molecule has 1 N–H and O–H groups in total. The van der Waals surface area contributed by atoms with E-state index in [2.05, 4.69) is 78.5 Å². The number of rotatable bonds is 3. The van der Waals surface area contributed by atoms with Crippen molar-refractivity contribution in [3.05, 3.63) is 18.0 Å². The third-order valence-corrected chi connectivity index (χ3v) is 2.68. The van der Waals surface area contributed by atoms with E-state index < -0.39 is 0 Å². The molecule has 0 bridgehead atoms. The zero-order valence-corrected chi connectivity index (χ0v) is 15.1. The summed E-state index contributed by atoms with van der Waals surface area (Å²) in [6, 6.07) is 0. The van der Waals surface area contributed by atoms with Crippen LogP contribution < -0.4 is 4.72 Å². The van der Waals surface area contributed by atoms with Crippen LogP contribution in [0.25, 0.3) is 0 Å². The van der Waals surface area contributed by atoms with Gasteiger partial charge in [0.1, 0.15) is 0 Å². The second-order valence-electron chi connectivity index (χ2n) is 4.09. The number of hydrogen-bond acceptors (Lipinski definition) is 4. The highest BCUT2D eigenvalue weighted by Crippen LogP contribution is 2.13. The van der Waals surface area contributed by atoms with Crippen molar-refractivity contribution in [3.8, 4) is 0 Å². The van der Waals surface area contributed by atoms with E-state index in [1.54, 1.807) is 4.09 Å². The second-order valence-corrected chi connectivity index (χ2v) is 6.10. The van der Waals surface area contributed by atoms with Gasteiger partial charge in [-0.25, -0.2) is 4.09 Å². The molecule has 0 aromatic carbocycles. The van der Waals surface area contributed by atoms with Gasteiger partial charge < -0.3 is 0 Å². The quantitative estimate of drug-likeness (QED) is 0.578. The van der Waals surface area contributed by atoms with E-state index in [0.717, 1.165) is 18.0 Å². The van der Waals surface area contributed by atoms with Gasteiger partial charge in [0, 0.05) is 48.6 Å². The Hall–Kier alpha value is 0.600. The van der Waals surface area contributed by atoms with Crippen molar-refractivity contribution in [3.63, 3.8) is 0 Å². The minimum absolute atomic E-state index is 0.750. The van der Waals surface area contributed by atoms with Gasteiger partial charge in [-0.3, -0.25) is 4.72 Å². The van der Waals surface area contributed by atoms with E-state index >= 15 is 0 Å². The molecule has 0 atom stereocenters. The van der Waals surface area contributed by atoms with Gasteiger partial charge in [0.25, 0.3) is 0 Å².